The summed E-state index contributed by atoms with van der Waals surface area (Å²) in [5.74, 6) is 3.56. The Hall–Kier alpha value is -0.570. The lowest BCUT2D eigenvalue weighted by atomic mass is 10.0. The minimum absolute atomic E-state index is 0.0764. The van der Waals surface area contributed by atoms with Gasteiger partial charge in [0.2, 0.25) is 5.91 Å². The van der Waals surface area contributed by atoms with Crippen LogP contribution in [-0.2, 0) is 9.53 Å². The zero-order valence-corrected chi connectivity index (χ0v) is 10.1. The highest BCUT2D eigenvalue weighted by atomic mass is 16.5. The number of fused-ring (bicyclic) bond motifs is 5. The summed E-state index contributed by atoms with van der Waals surface area (Å²) in [4.78, 5) is 11.6. The predicted octanol–water partition coefficient (Wildman–Crippen LogP) is 1.57. The molecule has 1 amide bonds. The Kier molecular flexibility index (Phi) is 2.46. The van der Waals surface area contributed by atoms with Crippen LogP contribution >= 0.6 is 0 Å². The van der Waals surface area contributed by atoms with E-state index in [1.807, 2.05) is 13.8 Å². The fourth-order valence-corrected chi connectivity index (χ4v) is 3.99. The first-order valence-electron chi connectivity index (χ1n) is 6.58. The summed E-state index contributed by atoms with van der Waals surface area (Å²) in [7, 11) is 0. The van der Waals surface area contributed by atoms with Crippen molar-refractivity contribution in [2.45, 2.75) is 45.3 Å². The monoisotopic (exact) mass is 223 g/mol. The van der Waals surface area contributed by atoms with Gasteiger partial charge in [0.25, 0.3) is 0 Å². The molecule has 90 valence electrons. The van der Waals surface area contributed by atoms with Gasteiger partial charge in [-0.05, 0) is 56.8 Å². The number of hydrogen-bond donors (Lipinski definition) is 1. The number of nitrogens with one attached hydrogen (secondary N) is 1. The third kappa shape index (κ3) is 1.65. The first-order chi connectivity index (χ1) is 7.66. The van der Waals surface area contributed by atoms with Crippen LogP contribution in [0.4, 0.5) is 0 Å². The van der Waals surface area contributed by atoms with Crippen LogP contribution in [0.15, 0.2) is 0 Å². The maximum absolute atomic E-state index is 11.6. The van der Waals surface area contributed by atoms with Crippen molar-refractivity contribution in [1.82, 2.24) is 5.32 Å². The smallest absolute Gasteiger partial charge is 0.246 e. The average Bonchev–Trinajstić information content (AvgIpc) is 2.66. The fraction of sp³-hybridized carbons (Fsp3) is 0.923. The van der Waals surface area contributed by atoms with Crippen molar-refractivity contribution in [2.75, 3.05) is 6.61 Å². The molecular weight excluding hydrogens is 202 g/mol. The van der Waals surface area contributed by atoms with Crippen LogP contribution in [0.3, 0.4) is 0 Å². The average molecular weight is 223 g/mol. The summed E-state index contributed by atoms with van der Waals surface area (Å²) in [6.45, 7) is 4.14. The van der Waals surface area contributed by atoms with Gasteiger partial charge in [0.15, 0.2) is 0 Å². The third-order valence-corrected chi connectivity index (χ3v) is 4.61. The lowest BCUT2D eigenvalue weighted by Gasteiger charge is -2.11. The first kappa shape index (κ1) is 10.6. The SMILES string of the molecule is CC(C)OCC(=O)NC1C2C3CCC(C3)C12. The summed E-state index contributed by atoms with van der Waals surface area (Å²) < 4.78 is 5.31. The highest BCUT2D eigenvalue weighted by Gasteiger charge is 2.65. The van der Waals surface area contributed by atoms with E-state index < -0.39 is 0 Å². The van der Waals surface area contributed by atoms with Gasteiger partial charge in [0.1, 0.15) is 6.61 Å². The van der Waals surface area contributed by atoms with Gasteiger partial charge in [-0.25, -0.2) is 0 Å². The lowest BCUT2D eigenvalue weighted by Crippen LogP contribution is -2.33. The second-order valence-corrected chi connectivity index (χ2v) is 5.94. The Labute approximate surface area is 96.9 Å². The normalized spacial score (nSPS) is 43.6. The van der Waals surface area contributed by atoms with Crippen LogP contribution in [-0.4, -0.2) is 24.7 Å². The number of carbonyl (C=O) groups is 1. The second kappa shape index (κ2) is 3.73. The van der Waals surface area contributed by atoms with E-state index in [9.17, 15) is 4.79 Å². The van der Waals surface area contributed by atoms with Gasteiger partial charge in [-0.15, -0.1) is 0 Å². The molecule has 0 spiro atoms. The molecule has 16 heavy (non-hydrogen) atoms. The van der Waals surface area contributed by atoms with Crippen molar-refractivity contribution in [3.05, 3.63) is 0 Å². The van der Waals surface area contributed by atoms with Gasteiger partial charge in [0, 0.05) is 6.04 Å². The van der Waals surface area contributed by atoms with Crippen LogP contribution in [0.5, 0.6) is 0 Å². The van der Waals surface area contributed by atoms with Crippen LogP contribution in [0.25, 0.3) is 0 Å². The Bertz CT molecular complexity index is 286. The molecule has 3 aliphatic rings. The third-order valence-electron chi connectivity index (χ3n) is 4.61. The Morgan fingerprint density at radius 3 is 2.50 bits per heavy atom. The molecule has 0 aromatic carbocycles. The molecule has 0 aliphatic heterocycles. The van der Waals surface area contributed by atoms with Gasteiger partial charge in [0.05, 0.1) is 6.10 Å². The lowest BCUT2D eigenvalue weighted by molar-refractivity contribution is -0.127. The molecule has 2 bridgehead atoms. The standard InChI is InChI=1S/C13H21NO2/c1-7(2)16-6-10(15)14-13-11-8-3-4-9(5-8)12(11)13/h7-9,11-13H,3-6H2,1-2H3,(H,14,15). The molecule has 3 heteroatoms. The fourth-order valence-electron chi connectivity index (χ4n) is 3.99. The summed E-state index contributed by atoms with van der Waals surface area (Å²) in [6.07, 6.45) is 4.38. The maximum atomic E-state index is 11.6. The zero-order valence-electron chi connectivity index (χ0n) is 10.1. The quantitative estimate of drug-likeness (QED) is 0.785. The molecule has 3 nitrogen and oxygen atoms in total. The number of carbonyl (C=O) groups excluding carboxylic acids is 1. The molecule has 0 aromatic heterocycles. The summed E-state index contributed by atoms with van der Waals surface area (Å²) in [5.41, 5.74) is 0. The first-order valence-corrected chi connectivity index (χ1v) is 6.58. The van der Waals surface area contributed by atoms with Crippen molar-refractivity contribution in [3.63, 3.8) is 0 Å². The van der Waals surface area contributed by atoms with E-state index in [0.717, 1.165) is 23.7 Å². The van der Waals surface area contributed by atoms with Crippen LogP contribution in [0.2, 0.25) is 0 Å². The highest BCUT2D eigenvalue weighted by molar-refractivity contribution is 5.78. The van der Waals surface area contributed by atoms with E-state index in [2.05, 4.69) is 5.32 Å². The van der Waals surface area contributed by atoms with Crippen molar-refractivity contribution in [1.29, 1.82) is 0 Å². The van der Waals surface area contributed by atoms with E-state index in [-0.39, 0.29) is 18.6 Å². The second-order valence-electron chi connectivity index (χ2n) is 5.94. The van der Waals surface area contributed by atoms with Crippen LogP contribution < -0.4 is 5.32 Å². The van der Waals surface area contributed by atoms with Crippen molar-refractivity contribution in [3.8, 4) is 0 Å². The molecule has 3 saturated carbocycles. The minimum atomic E-state index is 0.0764. The van der Waals surface area contributed by atoms with Gasteiger partial charge >= 0.3 is 0 Å². The van der Waals surface area contributed by atoms with E-state index >= 15 is 0 Å². The van der Waals surface area contributed by atoms with Crippen molar-refractivity contribution in [2.24, 2.45) is 23.7 Å². The van der Waals surface area contributed by atoms with Crippen LogP contribution in [0.1, 0.15) is 33.1 Å². The van der Waals surface area contributed by atoms with E-state index in [1.54, 1.807) is 0 Å². The molecule has 0 radical (unpaired) electrons. The predicted molar refractivity (Wildman–Crippen MR) is 60.8 cm³/mol. The van der Waals surface area contributed by atoms with Gasteiger partial charge < -0.3 is 10.1 Å². The molecule has 0 aromatic rings. The Balaban J connectivity index is 1.46. The molecule has 4 atom stereocenters. The maximum Gasteiger partial charge on any atom is 0.246 e. The molecule has 3 rings (SSSR count). The molecule has 1 N–H and O–H groups in total. The van der Waals surface area contributed by atoms with E-state index in [4.69, 9.17) is 4.74 Å². The summed E-state index contributed by atoms with van der Waals surface area (Å²) in [5, 5.41) is 3.15. The molecule has 0 saturated heterocycles. The molecule has 0 heterocycles. The van der Waals surface area contributed by atoms with Crippen molar-refractivity contribution >= 4 is 5.91 Å². The summed E-state index contributed by atoms with van der Waals surface area (Å²) >= 11 is 0. The molecular formula is C13H21NO2. The molecule has 4 unspecified atom stereocenters. The van der Waals surface area contributed by atoms with Crippen LogP contribution in [0, 0.1) is 23.7 Å². The Morgan fingerprint density at radius 1 is 1.31 bits per heavy atom. The summed E-state index contributed by atoms with van der Waals surface area (Å²) in [6, 6.07) is 0.495. The topological polar surface area (TPSA) is 38.3 Å². The van der Waals surface area contributed by atoms with Gasteiger partial charge in [-0.1, -0.05) is 0 Å². The number of hydrogen-bond acceptors (Lipinski definition) is 2. The largest absolute Gasteiger partial charge is 0.369 e. The number of amides is 1. The molecule has 3 aliphatic carbocycles. The number of ether oxygens (including phenoxy) is 1. The Morgan fingerprint density at radius 2 is 1.94 bits per heavy atom. The minimum Gasteiger partial charge on any atom is -0.369 e. The van der Waals surface area contributed by atoms with Crippen molar-refractivity contribution < 1.29 is 9.53 Å². The zero-order chi connectivity index (χ0) is 11.3. The highest BCUT2D eigenvalue weighted by Crippen LogP contribution is 2.65. The van der Waals surface area contributed by atoms with Gasteiger partial charge in [-0.2, -0.15) is 0 Å². The van der Waals surface area contributed by atoms with E-state index in [1.165, 1.54) is 19.3 Å². The number of rotatable bonds is 4. The van der Waals surface area contributed by atoms with Gasteiger partial charge in [-0.3, -0.25) is 4.79 Å². The molecule has 3 fully saturated rings. The van der Waals surface area contributed by atoms with E-state index in [0.29, 0.717) is 6.04 Å².